The summed E-state index contributed by atoms with van der Waals surface area (Å²) in [4.78, 5) is 16.8. The standard InChI is InChI=1S/C23H28F3N3O4/c1-14(23(24,25)26)22-8-6-16(29(22)21(30)31)10-19(11-22)32-17-2-4-18(5-3-17)33-20-7-9-28-13-15(20)12-27/h7,9,13-14,16-19H,2-6,8,10-11H2,1H3,(H,30,31). The van der Waals surface area contributed by atoms with E-state index < -0.39 is 35.9 Å². The van der Waals surface area contributed by atoms with Crippen molar-refractivity contribution in [2.45, 2.75) is 94.4 Å². The van der Waals surface area contributed by atoms with Gasteiger partial charge in [0.2, 0.25) is 0 Å². The van der Waals surface area contributed by atoms with Crippen molar-refractivity contribution in [3.05, 3.63) is 24.0 Å². The smallest absolute Gasteiger partial charge is 0.408 e. The molecule has 4 rings (SSSR count). The fourth-order valence-electron chi connectivity index (χ4n) is 5.90. The average molecular weight is 467 g/mol. The zero-order chi connectivity index (χ0) is 23.8. The zero-order valence-electron chi connectivity index (χ0n) is 18.4. The highest BCUT2D eigenvalue weighted by atomic mass is 19.4. The van der Waals surface area contributed by atoms with E-state index in [9.17, 15) is 28.3 Å². The molecule has 0 radical (unpaired) electrons. The molecule has 1 aromatic heterocycles. The van der Waals surface area contributed by atoms with Crippen LogP contribution in [0.3, 0.4) is 0 Å². The van der Waals surface area contributed by atoms with Crippen LogP contribution in [0, 0.1) is 17.2 Å². The minimum Gasteiger partial charge on any atom is -0.489 e. The number of carboxylic acid groups (broad SMARTS) is 1. The number of ether oxygens (including phenoxy) is 2. The van der Waals surface area contributed by atoms with E-state index in [-0.39, 0.29) is 25.0 Å². The summed E-state index contributed by atoms with van der Waals surface area (Å²) in [5, 5.41) is 18.9. The van der Waals surface area contributed by atoms with Crippen LogP contribution in [0.2, 0.25) is 0 Å². The molecule has 7 nitrogen and oxygen atoms in total. The number of nitriles is 1. The Hall–Kier alpha value is -2.54. The van der Waals surface area contributed by atoms with Gasteiger partial charge in [-0.15, -0.1) is 0 Å². The largest absolute Gasteiger partial charge is 0.489 e. The third-order valence-corrected chi connectivity index (χ3v) is 7.58. The molecule has 33 heavy (non-hydrogen) atoms. The average Bonchev–Trinajstić information content (AvgIpc) is 3.03. The maximum absolute atomic E-state index is 13.7. The number of pyridine rings is 1. The first-order valence-corrected chi connectivity index (χ1v) is 11.4. The molecule has 10 heteroatoms. The van der Waals surface area contributed by atoms with Gasteiger partial charge in [0.25, 0.3) is 0 Å². The van der Waals surface area contributed by atoms with E-state index in [1.54, 1.807) is 12.3 Å². The van der Waals surface area contributed by atoms with Crippen LogP contribution in [0.1, 0.15) is 63.9 Å². The van der Waals surface area contributed by atoms with Gasteiger partial charge in [0.05, 0.1) is 29.8 Å². The van der Waals surface area contributed by atoms with Crippen LogP contribution in [-0.2, 0) is 4.74 Å². The van der Waals surface area contributed by atoms with Crippen LogP contribution in [0.4, 0.5) is 18.0 Å². The van der Waals surface area contributed by atoms with Crippen LogP contribution >= 0.6 is 0 Å². The van der Waals surface area contributed by atoms with Crippen molar-refractivity contribution in [2.24, 2.45) is 5.92 Å². The number of hydrogen-bond donors (Lipinski definition) is 1. The molecule has 1 saturated carbocycles. The Morgan fingerprint density at radius 3 is 2.61 bits per heavy atom. The summed E-state index contributed by atoms with van der Waals surface area (Å²) >= 11 is 0. The van der Waals surface area contributed by atoms with Crippen LogP contribution in [0.25, 0.3) is 0 Å². The molecule has 0 spiro atoms. The molecule has 2 bridgehead atoms. The highest BCUT2D eigenvalue weighted by Crippen LogP contribution is 2.53. The topological polar surface area (TPSA) is 95.7 Å². The number of carbonyl (C=O) groups is 1. The number of rotatable bonds is 5. The SMILES string of the molecule is CC(C(F)(F)F)C12CCC(CC(OC3CCC(Oc4ccncc4C#N)CC3)C1)N2C(=O)O. The lowest BCUT2D eigenvalue weighted by molar-refractivity contribution is -0.213. The van der Waals surface area contributed by atoms with Gasteiger partial charge in [-0.05, 0) is 57.4 Å². The summed E-state index contributed by atoms with van der Waals surface area (Å²) in [6.07, 6.45) is 0.646. The predicted molar refractivity (Wildman–Crippen MR) is 111 cm³/mol. The van der Waals surface area contributed by atoms with E-state index in [0.717, 1.165) is 11.8 Å². The fourth-order valence-corrected chi connectivity index (χ4v) is 5.90. The van der Waals surface area contributed by atoms with Crippen molar-refractivity contribution in [1.29, 1.82) is 5.26 Å². The van der Waals surface area contributed by atoms with Gasteiger partial charge in [0, 0.05) is 18.4 Å². The Bertz CT molecular complexity index is 913. The lowest BCUT2D eigenvalue weighted by Gasteiger charge is -2.50. The van der Waals surface area contributed by atoms with Crippen molar-refractivity contribution >= 4 is 6.09 Å². The van der Waals surface area contributed by atoms with Gasteiger partial charge in [0.15, 0.2) is 0 Å². The normalized spacial score (nSPS) is 32.8. The molecule has 2 aliphatic heterocycles. The van der Waals surface area contributed by atoms with Crippen LogP contribution < -0.4 is 4.74 Å². The summed E-state index contributed by atoms with van der Waals surface area (Å²) in [5.74, 6) is -1.26. The quantitative estimate of drug-likeness (QED) is 0.662. The summed E-state index contributed by atoms with van der Waals surface area (Å²) in [7, 11) is 0. The molecule has 1 amide bonds. The molecule has 3 heterocycles. The first kappa shape index (κ1) is 23.6. The number of alkyl halides is 3. The highest BCUT2D eigenvalue weighted by Gasteiger charge is 2.62. The Labute approximate surface area is 190 Å². The van der Waals surface area contributed by atoms with Crippen molar-refractivity contribution < 1.29 is 32.5 Å². The van der Waals surface area contributed by atoms with Crippen molar-refractivity contribution in [3.63, 3.8) is 0 Å². The number of halogens is 3. The van der Waals surface area contributed by atoms with Crippen molar-refractivity contribution in [2.75, 3.05) is 0 Å². The third kappa shape index (κ3) is 4.60. The van der Waals surface area contributed by atoms with E-state index in [0.29, 0.717) is 49.8 Å². The lowest BCUT2D eigenvalue weighted by Crippen LogP contribution is -2.62. The molecule has 1 aromatic rings. The van der Waals surface area contributed by atoms with Gasteiger partial charge in [-0.1, -0.05) is 6.92 Å². The van der Waals surface area contributed by atoms with Crippen molar-refractivity contribution in [1.82, 2.24) is 9.88 Å². The minimum absolute atomic E-state index is 0.0649. The molecule has 4 atom stereocenters. The minimum atomic E-state index is -4.48. The molecule has 1 N–H and O–H groups in total. The summed E-state index contributed by atoms with van der Waals surface area (Å²) in [5.41, 5.74) is -1.09. The summed E-state index contributed by atoms with van der Waals surface area (Å²) in [6.45, 7) is 1.10. The molecular weight excluding hydrogens is 439 g/mol. The zero-order valence-corrected chi connectivity index (χ0v) is 18.4. The van der Waals surface area contributed by atoms with Gasteiger partial charge < -0.3 is 14.6 Å². The second-order valence-corrected chi connectivity index (χ2v) is 9.41. The first-order chi connectivity index (χ1) is 15.6. The molecule has 3 fully saturated rings. The molecule has 4 unspecified atom stereocenters. The van der Waals surface area contributed by atoms with E-state index in [4.69, 9.17) is 9.47 Å². The fraction of sp³-hybridized carbons (Fsp3) is 0.696. The highest BCUT2D eigenvalue weighted by molar-refractivity contribution is 5.67. The molecule has 3 aliphatic rings. The molecule has 0 aromatic carbocycles. The van der Waals surface area contributed by atoms with Gasteiger partial charge in [-0.2, -0.15) is 18.4 Å². The molecule has 180 valence electrons. The Morgan fingerprint density at radius 1 is 1.27 bits per heavy atom. The maximum Gasteiger partial charge on any atom is 0.408 e. The number of piperidine rings is 1. The second kappa shape index (κ2) is 9.01. The van der Waals surface area contributed by atoms with Gasteiger partial charge >= 0.3 is 12.3 Å². The van der Waals surface area contributed by atoms with E-state index in [1.165, 1.54) is 6.20 Å². The number of fused-ring (bicyclic) bond motifs is 2. The number of amides is 1. The number of hydrogen-bond acceptors (Lipinski definition) is 5. The van der Waals surface area contributed by atoms with Gasteiger partial charge in [-0.3, -0.25) is 9.88 Å². The van der Waals surface area contributed by atoms with E-state index in [2.05, 4.69) is 11.1 Å². The second-order valence-electron chi connectivity index (χ2n) is 9.41. The van der Waals surface area contributed by atoms with Crippen LogP contribution in [0.5, 0.6) is 5.75 Å². The number of nitrogens with zero attached hydrogens (tertiary/aromatic N) is 3. The lowest BCUT2D eigenvalue weighted by atomic mass is 9.76. The Kier molecular flexibility index (Phi) is 6.45. The van der Waals surface area contributed by atoms with E-state index >= 15 is 0 Å². The molecule has 2 saturated heterocycles. The molecular formula is C23H28F3N3O4. The van der Waals surface area contributed by atoms with Crippen molar-refractivity contribution in [3.8, 4) is 11.8 Å². The van der Waals surface area contributed by atoms with Crippen LogP contribution in [-0.4, -0.2) is 57.2 Å². The number of aromatic nitrogens is 1. The maximum atomic E-state index is 13.7. The predicted octanol–water partition coefficient (Wildman–Crippen LogP) is 4.90. The van der Waals surface area contributed by atoms with Gasteiger partial charge in [0.1, 0.15) is 17.4 Å². The first-order valence-electron chi connectivity index (χ1n) is 11.4. The van der Waals surface area contributed by atoms with E-state index in [1.807, 2.05) is 0 Å². The Morgan fingerprint density at radius 2 is 1.97 bits per heavy atom. The van der Waals surface area contributed by atoms with Gasteiger partial charge in [-0.25, -0.2) is 4.79 Å². The van der Waals surface area contributed by atoms with Crippen LogP contribution in [0.15, 0.2) is 18.5 Å². The molecule has 1 aliphatic carbocycles. The monoisotopic (exact) mass is 467 g/mol. The summed E-state index contributed by atoms with van der Waals surface area (Å²) < 4.78 is 53.3. The third-order valence-electron chi connectivity index (χ3n) is 7.58. The Balaban J connectivity index is 1.38. The summed E-state index contributed by atoms with van der Waals surface area (Å²) in [6, 6.07) is 3.28.